The van der Waals surface area contributed by atoms with E-state index >= 15 is 0 Å². The van der Waals surface area contributed by atoms with Crippen molar-refractivity contribution in [2.75, 3.05) is 6.54 Å². The highest BCUT2D eigenvalue weighted by Gasteiger charge is 2.24. The molecule has 0 aromatic rings. The minimum Gasteiger partial charge on any atom is -0.301 e. The van der Waals surface area contributed by atoms with Gasteiger partial charge in [0.05, 0.1) is 5.50 Å². The molecule has 1 atom stereocenters. The number of rotatable bonds is 4. The van der Waals surface area contributed by atoms with Crippen molar-refractivity contribution in [3.63, 3.8) is 0 Å². The van der Waals surface area contributed by atoms with Crippen LogP contribution in [0.5, 0.6) is 0 Å². The Morgan fingerprint density at radius 2 is 2.10 bits per heavy atom. The highest BCUT2D eigenvalue weighted by atomic mass is 35.5. The Morgan fingerprint density at radius 3 is 2.40 bits per heavy atom. The fourth-order valence-electron chi connectivity index (χ4n) is 0.635. The largest absolute Gasteiger partial charge is 0.301 e. The fourth-order valence-corrected chi connectivity index (χ4v) is 1.61. The molecule has 0 aliphatic rings. The van der Waals surface area contributed by atoms with Gasteiger partial charge >= 0.3 is 0 Å². The molecule has 3 heteroatoms. The second-order valence-corrected chi connectivity index (χ2v) is 4.41. The van der Waals surface area contributed by atoms with E-state index in [9.17, 15) is 0 Å². The van der Waals surface area contributed by atoms with E-state index in [0.717, 1.165) is 6.54 Å². The topological polar surface area (TPSA) is 12.0 Å². The number of hydrogen-bond acceptors (Lipinski definition) is 1. The Hall–Kier alpha value is 0.467. The number of hydrogen-bond donors (Lipinski definition) is 1. The van der Waals surface area contributed by atoms with Gasteiger partial charge in [-0.15, -0.1) is 11.6 Å². The molecule has 0 aliphatic carbocycles. The lowest BCUT2D eigenvalue weighted by Gasteiger charge is -2.28. The third-order valence-electron chi connectivity index (χ3n) is 1.98. The Kier molecular flexibility index (Phi) is 4.57. The monoisotopic (exact) mass is 179 g/mol. The fraction of sp³-hybridized carbons (Fsp3) is 1.00. The number of halogens is 1. The van der Waals surface area contributed by atoms with Crippen LogP contribution in [-0.4, -0.2) is 22.3 Å². The SMILES string of the molecule is CCNC(Cl)C(C)(C)C[SiH3]. The zero-order valence-corrected chi connectivity index (χ0v) is 10.1. The van der Waals surface area contributed by atoms with E-state index in [-0.39, 0.29) is 10.9 Å². The van der Waals surface area contributed by atoms with Crippen LogP contribution in [0, 0.1) is 5.41 Å². The molecule has 1 N–H and O–H groups in total. The summed E-state index contributed by atoms with van der Waals surface area (Å²) in [4.78, 5) is 0. The maximum atomic E-state index is 6.08. The summed E-state index contributed by atoms with van der Waals surface area (Å²) in [6.45, 7) is 7.46. The van der Waals surface area contributed by atoms with Crippen molar-refractivity contribution in [3.8, 4) is 0 Å². The van der Waals surface area contributed by atoms with Crippen molar-refractivity contribution in [1.82, 2.24) is 5.32 Å². The summed E-state index contributed by atoms with van der Waals surface area (Å²) in [5, 5.41) is 3.22. The van der Waals surface area contributed by atoms with Gasteiger partial charge in [-0.2, -0.15) is 0 Å². The normalized spacial score (nSPS) is 15.6. The van der Waals surface area contributed by atoms with Gasteiger partial charge in [0.25, 0.3) is 0 Å². The summed E-state index contributed by atoms with van der Waals surface area (Å²) in [5.74, 6) is 0. The first-order chi connectivity index (χ1) is 4.54. The van der Waals surface area contributed by atoms with Crippen molar-refractivity contribution in [2.24, 2.45) is 5.41 Å². The van der Waals surface area contributed by atoms with Crippen LogP contribution in [0.25, 0.3) is 0 Å². The molecule has 0 bridgehead atoms. The van der Waals surface area contributed by atoms with E-state index in [0.29, 0.717) is 0 Å². The molecular weight excluding hydrogens is 162 g/mol. The van der Waals surface area contributed by atoms with Crippen LogP contribution < -0.4 is 5.32 Å². The average molecular weight is 180 g/mol. The first-order valence-corrected chi connectivity index (χ1v) is 5.77. The molecule has 0 radical (unpaired) electrons. The summed E-state index contributed by atoms with van der Waals surface area (Å²) in [7, 11) is 1.23. The predicted molar refractivity (Wildman–Crippen MR) is 51.8 cm³/mol. The Labute approximate surface area is 72.0 Å². The van der Waals surface area contributed by atoms with Crippen molar-refractivity contribution >= 4 is 21.8 Å². The molecule has 0 aromatic heterocycles. The van der Waals surface area contributed by atoms with Crippen molar-refractivity contribution in [1.29, 1.82) is 0 Å². The number of alkyl halides is 1. The van der Waals surface area contributed by atoms with Gasteiger partial charge in [-0.25, -0.2) is 0 Å². The van der Waals surface area contributed by atoms with Gasteiger partial charge in [-0.05, 0) is 12.0 Å². The van der Waals surface area contributed by atoms with E-state index in [4.69, 9.17) is 11.6 Å². The lowest BCUT2D eigenvalue weighted by Crippen LogP contribution is -2.37. The molecule has 0 aromatic carbocycles. The molecule has 1 nitrogen and oxygen atoms in total. The van der Waals surface area contributed by atoms with E-state index in [1.807, 2.05) is 0 Å². The third-order valence-corrected chi connectivity index (χ3v) is 4.55. The van der Waals surface area contributed by atoms with Crippen LogP contribution in [0.1, 0.15) is 20.8 Å². The van der Waals surface area contributed by atoms with Crippen LogP contribution in [0.15, 0.2) is 0 Å². The maximum Gasteiger partial charge on any atom is 0.0873 e. The molecule has 0 rings (SSSR count). The third kappa shape index (κ3) is 3.04. The lowest BCUT2D eigenvalue weighted by molar-refractivity contribution is 0.349. The van der Waals surface area contributed by atoms with Crippen LogP contribution in [0.2, 0.25) is 6.04 Å². The van der Waals surface area contributed by atoms with Crippen LogP contribution in [0.4, 0.5) is 0 Å². The van der Waals surface area contributed by atoms with Gasteiger partial charge in [0.1, 0.15) is 0 Å². The molecule has 0 aliphatic heterocycles. The average Bonchev–Trinajstić information content (AvgIpc) is 1.89. The maximum absolute atomic E-state index is 6.08. The molecule has 10 heavy (non-hydrogen) atoms. The molecule has 62 valence electrons. The van der Waals surface area contributed by atoms with E-state index in [1.54, 1.807) is 0 Å². The summed E-state index contributed by atoms with van der Waals surface area (Å²) in [5.41, 5.74) is 0.402. The molecule has 1 unspecified atom stereocenters. The minimum atomic E-state index is 0.134. The first-order valence-electron chi connectivity index (χ1n) is 3.92. The zero-order chi connectivity index (χ0) is 8.20. The standard InChI is InChI=1S/C7H18ClNSi/c1-4-9-6(8)7(2,3)5-10/h6,9H,4-5H2,1-3,10H3. The van der Waals surface area contributed by atoms with Gasteiger partial charge in [0, 0.05) is 10.2 Å². The Bertz CT molecular complexity index is 95.6. The van der Waals surface area contributed by atoms with Gasteiger partial charge in [0.2, 0.25) is 0 Å². The predicted octanol–water partition coefficient (Wildman–Crippen LogP) is 0.971. The lowest BCUT2D eigenvalue weighted by atomic mass is 9.96. The number of nitrogens with one attached hydrogen (secondary N) is 1. The van der Waals surface area contributed by atoms with Gasteiger partial charge in [-0.3, -0.25) is 0 Å². The van der Waals surface area contributed by atoms with Crippen molar-refractivity contribution in [2.45, 2.75) is 32.3 Å². The van der Waals surface area contributed by atoms with Crippen LogP contribution in [-0.2, 0) is 0 Å². The smallest absolute Gasteiger partial charge is 0.0873 e. The quantitative estimate of drug-likeness (QED) is 0.386. The van der Waals surface area contributed by atoms with Crippen LogP contribution in [0.3, 0.4) is 0 Å². The van der Waals surface area contributed by atoms with E-state index in [1.165, 1.54) is 16.3 Å². The minimum absolute atomic E-state index is 0.134. The second-order valence-electron chi connectivity index (χ2n) is 3.26. The summed E-state index contributed by atoms with van der Waals surface area (Å²) >= 11 is 6.08. The summed E-state index contributed by atoms with van der Waals surface area (Å²) < 4.78 is 0. The molecule has 0 saturated carbocycles. The molecule has 0 fully saturated rings. The summed E-state index contributed by atoms with van der Waals surface area (Å²) in [6.07, 6.45) is 0. The Morgan fingerprint density at radius 1 is 1.60 bits per heavy atom. The van der Waals surface area contributed by atoms with E-state index in [2.05, 4.69) is 26.1 Å². The van der Waals surface area contributed by atoms with Crippen molar-refractivity contribution < 1.29 is 0 Å². The molecular formula is C7H18ClNSi. The van der Waals surface area contributed by atoms with Gasteiger partial charge < -0.3 is 5.32 Å². The first kappa shape index (κ1) is 10.5. The molecule has 0 amide bonds. The molecule has 0 saturated heterocycles. The summed E-state index contributed by atoms with van der Waals surface area (Å²) in [6, 6.07) is 1.24. The van der Waals surface area contributed by atoms with Gasteiger partial charge in [0.15, 0.2) is 0 Å². The highest BCUT2D eigenvalue weighted by Crippen LogP contribution is 2.26. The molecule has 0 spiro atoms. The second kappa shape index (κ2) is 4.37. The van der Waals surface area contributed by atoms with E-state index < -0.39 is 0 Å². The highest BCUT2D eigenvalue weighted by molar-refractivity contribution is 6.21. The zero-order valence-electron chi connectivity index (χ0n) is 7.37. The molecule has 0 heterocycles. The Balaban J connectivity index is 3.78. The van der Waals surface area contributed by atoms with Crippen LogP contribution >= 0.6 is 11.6 Å². The van der Waals surface area contributed by atoms with Crippen molar-refractivity contribution in [3.05, 3.63) is 0 Å². The van der Waals surface area contributed by atoms with Gasteiger partial charge in [-0.1, -0.05) is 26.8 Å².